The lowest BCUT2D eigenvalue weighted by molar-refractivity contribution is -0.130. The van der Waals surface area contributed by atoms with Crippen molar-refractivity contribution in [3.8, 4) is 0 Å². The summed E-state index contributed by atoms with van der Waals surface area (Å²) in [7, 11) is 3.60. The van der Waals surface area contributed by atoms with Crippen LogP contribution in [0.3, 0.4) is 0 Å². The molecule has 1 fully saturated rings. The normalized spacial score (nSPS) is 23.8. The zero-order chi connectivity index (χ0) is 12.3. The molecule has 4 heteroatoms. The summed E-state index contributed by atoms with van der Waals surface area (Å²) in [5, 5.41) is 3.41. The lowest BCUT2D eigenvalue weighted by Crippen LogP contribution is -2.47. The molecule has 1 rings (SSSR count). The quantitative estimate of drug-likeness (QED) is 0.761. The fourth-order valence-electron chi connectivity index (χ4n) is 2.20. The van der Waals surface area contributed by atoms with Gasteiger partial charge in [-0.05, 0) is 33.7 Å². The molecule has 1 aliphatic heterocycles. The minimum absolute atomic E-state index is 0.0767. The van der Waals surface area contributed by atoms with Crippen LogP contribution in [-0.4, -0.2) is 61.0 Å². The topological polar surface area (TPSA) is 35.6 Å². The summed E-state index contributed by atoms with van der Waals surface area (Å²) >= 11 is 0. The summed E-state index contributed by atoms with van der Waals surface area (Å²) in [6, 6.07) is 0.986. The fraction of sp³-hybridized carbons (Fsp3) is 0.917. The van der Waals surface area contributed by atoms with Crippen LogP contribution in [0.15, 0.2) is 0 Å². The van der Waals surface area contributed by atoms with Crippen LogP contribution >= 0.6 is 0 Å². The predicted molar refractivity (Wildman–Crippen MR) is 66.4 cm³/mol. The summed E-state index contributed by atoms with van der Waals surface area (Å²) in [5.74, 6) is 0.156. The number of hydrogen-bond donors (Lipinski definition) is 1. The molecule has 1 aliphatic rings. The first-order valence-corrected chi connectivity index (χ1v) is 6.13. The Morgan fingerprint density at radius 1 is 1.38 bits per heavy atom. The van der Waals surface area contributed by atoms with E-state index in [9.17, 15) is 4.79 Å². The number of likely N-dealkylation sites (N-methyl/N-ethyl adjacent to an activating group) is 1. The number of likely N-dealkylation sites (tertiary alicyclic amines) is 1. The molecule has 1 heterocycles. The number of carbonyl (C=O) groups is 1. The third kappa shape index (κ3) is 3.46. The van der Waals surface area contributed by atoms with Crippen molar-refractivity contribution in [2.45, 2.75) is 45.3 Å². The maximum Gasteiger partial charge on any atom is 0.238 e. The van der Waals surface area contributed by atoms with Crippen molar-refractivity contribution in [3.05, 3.63) is 0 Å². The maximum atomic E-state index is 11.7. The van der Waals surface area contributed by atoms with Gasteiger partial charge in [-0.3, -0.25) is 9.69 Å². The van der Waals surface area contributed by atoms with Crippen LogP contribution in [0.2, 0.25) is 0 Å². The van der Waals surface area contributed by atoms with E-state index in [1.54, 1.807) is 19.0 Å². The molecule has 0 radical (unpaired) electrons. The second-order valence-electron chi connectivity index (χ2n) is 5.20. The Kier molecular flexibility index (Phi) is 4.74. The lowest BCUT2D eigenvalue weighted by Gasteiger charge is -2.23. The Labute approximate surface area is 99.0 Å². The fourth-order valence-corrected chi connectivity index (χ4v) is 2.20. The van der Waals surface area contributed by atoms with Gasteiger partial charge in [0.2, 0.25) is 5.91 Å². The average molecular weight is 227 g/mol. The van der Waals surface area contributed by atoms with E-state index in [-0.39, 0.29) is 11.9 Å². The molecule has 1 N–H and O–H groups in total. The monoisotopic (exact) mass is 227 g/mol. The van der Waals surface area contributed by atoms with E-state index in [1.807, 2.05) is 6.92 Å². The first-order valence-electron chi connectivity index (χ1n) is 6.13. The Balaban J connectivity index is 2.36. The smallest absolute Gasteiger partial charge is 0.238 e. The molecule has 16 heavy (non-hydrogen) atoms. The van der Waals surface area contributed by atoms with E-state index in [2.05, 4.69) is 24.1 Å². The molecule has 0 saturated carbocycles. The molecule has 2 unspecified atom stereocenters. The summed E-state index contributed by atoms with van der Waals surface area (Å²) in [6.07, 6.45) is 1.14. The Morgan fingerprint density at radius 2 is 2.00 bits per heavy atom. The van der Waals surface area contributed by atoms with Gasteiger partial charge in [-0.2, -0.15) is 0 Å². The molecule has 0 bridgehead atoms. The predicted octanol–water partition coefficient (Wildman–Crippen LogP) is 0.535. The van der Waals surface area contributed by atoms with E-state index in [1.165, 1.54) is 0 Å². The van der Waals surface area contributed by atoms with Crippen LogP contribution in [0.1, 0.15) is 27.2 Å². The second-order valence-corrected chi connectivity index (χ2v) is 5.20. The minimum atomic E-state index is -0.0767. The molecule has 1 saturated heterocycles. The van der Waals surface area contributed by atoms with E-state index >= 15 is 0 Å². The minimum Gasteiger partial charge on any atom is -0.347 e. The molecule has 94 valence electrons. The average Bonchev–Trinajstić information content (AvgIpc) is 2.64. The first kappa shape index (κ1) is 13.5. The van der Waals surface area contributed by atoms with Gasteiger partial charge in [0.1, 0.15) is 0 Å². The molecular formula is C12H25N3O. The highest BCUT2D eigenvalue weighted by molar-refractivity contribution is 5.80. The molecular weight excluding hydrogens is 202 g/mol. The largest absolute Gasteiger partial charge is 0.347 e. The van der Waals surface area contributed by atoms with Crippen LogP contribution in [0.5, 0.6) is 0 Å². The molecule has 0 aromatic heterocycles. The van der Waals surface area contributed by atoms with Gasteiger partial charge >= 0.3 is 0 Å². The van der Waals surface area contributed by atoms with Crippen LogP contribution in [-0.2, 0) is 4.79 Å². The van der Waals surface area contributed by atoms with Crippen LogP contribution in [0.4, 0.5) is 0 Å². The van der Waals surface area contributed by atoms with E-state index in [0.717, 1.165) is 19.5 Å². The van der Waals surface area contributed by atoms with Crippen molar-refractivity contribution >= 4 is 5.91 Å². The Bertz CT molecular complexity index is 240. The van der Waals surface area contributed by atoms with Crippen molar-refractivity contribution in [1.82, 2.24) is 15.1 Å². The zero-order valence-electron chi connectivity index (χ0n) is 11.2. The Morgan fingerprint density at radius 3 is 2.44 bits per heavy atom. The van der Waals surface area contributed by atoms with Crippen molar-refractivity contribution < 1.29 is 4.79 Å². The third-order valence-electron chi connectivity index (χ3n) is 3.25. The molecule has 0 aliphatic carbocycles. The maximum absolute atomic E-state index is 11.7. The summed E-state index contributed by atoms with van der Waals surface area (Å²) < 4.78 is 0. The number of rotatable bonds is 4. The van der Waals surface area contributed by atoms with Crippen molar-refractivity contribution in [2.75, 3.05) is 27.2 Å². The number of amides is 1. The van der Waals surface area contributed by atoms with Crippen molar-refractivity contribution in [2.24, 2.45) is 0 Å². The van der Waals surface area contributed by atoms with E-state index in [0.29, 0.717) is 12.1 Å². The van der Waals surface area contributed by atoms with E-state index in [4.69, 9.17) is 0 Å². The van der Waals surface area contributed by atoms with Gasteiger partial charge in [-0.15, -0.1) is 0 Å². The highest BCUT2D eigenvalue weighted by Gasteiger charge is 2.26. The van der Waals surface area contributed by atoms with Crippen molar-refractivity contribution in [3.63, 3.8) is 0 Å². The van der Waals surface area contributed by atoms with Gasteiger partial charge < -0.3 is 10.2 Å². The zero-order valence-corrected chi connectivity index (χ0v) is 11.2. The highest BCUT2D eigenvalue weighted by atomic mass is 16.2. The van der Waals surface area contributed by atoms with Crippen molar-refractivity contribution in [1.29, 1.82) is 0 Å². The first-order chi connectivity index (χ1) is 7.41. The molecule has 0 aromatic rings. The molecule has 2 atom stereocenters. The van der Waals surface area contributed by atoms with E-state index < -0.39 is 0 Å². The van der Waals surface area contributed by atoms with Gasteiger partial charge in [0.15, 0.2) is 0 Å². The highest BCUT2D eigenvalue weighted by Crippen LogP contribution is 2.12. The SMILES string of the molecule is CC(NC1CCN(C(C)C)C1)C(=O)N(C)C. The number of nitrogens with zero attached hydrogens (tertiary/aromatic N) is 2. The molecule has 0 aromatic carbocycles. The standard InChI is InChI=1S/C12H25N3O/c1-9(2)15-7-6-11(8-15)13-10(3)12(16)14(4)5/h9-11,13H,6-8H2,1-5H3. The lowest BCUT2D eigenvalue weighted by atomic mass is 10.2. The Hall–Kier alpha value is -0.610. The summed E-state index contributed by atoms with van der Waals surface area (Å²) in [5.41, 5.74) is 0. The van der Waals surface area contributed by atoms with Gasteiger partial charge in [-0.25, -0.2) is 0 Å². The number of hydrogen-bond acceptors (Lipinski definition) is 3. The summed E-state index contributed by atoms with van der Waals surface area (Å²) in [6.45, 7) is 8.58. The molecule has 1 amide bonds. The van der Waals surface area contributed by atoms with Gasteiger partial charge in [0.25, 0.3) is 0 Å². The van der Waals surface area contributed by atoms with Crippen LogP contribution < -0.4 is 5.32 Å². The molecule has 4 nitrogen and oxygen atoms in total. The number of carbonyl (C=O) groups excluding carboxylic acids is 1. The second kappa shape index (κ2) is 5.64. The van der Waals surface area contributed by atoms with Gasteiger partial charge in [0.05, 0.1) is 6.04 Å². The summed E-state index contributed by atoms with van der Waals surface area (Å²) in [4.78, 5) is 15.8. The van der Waals surface area contributed by atoms with Gasteiger partial charge in [-0.1, -0.05) is 0 Å². The number of nitrogens with one attached hydrogen (secondary N) is 1. The molecule has 0 spiro atoms. The van der Waals surface area contributed by atoms with Crippen LogP contribution in [0, 0.1) is 0 Å². The van der Waals surface area contributed by atoms with Gasteiger partial charge in [0, 0.05) is 32.7 Å². The van der Waals surface area contributed by atoms with Crippen LogP contribution in [0.25, 0.3) is 0 Å². The third-order valence-corrected chi connectivity index (χ3v) is 3.25.